The number of aromatic nitrogens is 3. The molecule has 0 amide bonds. The Bertz CT molecular complexity index is 575. The molecule has 0 spiro atoms. The van der Waals surface area contributed by atoms with E-state index in [1.54, 1.807) is 30.2 Å². The van der Waals surface area contributed by atoms with Gasteiger partial charge < -0.3 is 9.15 Å². The van der Waals surface area contributed by atoms with Crippen LogP contribution in [0, 0.1) is 0 Å². The summed E-state index contributed by atoms with van der Waals surface area (Å²) in [7, 11) is 1.70. The molecule has 0 saturated carbocycles. The molecule has 0 aliphatic rings. The van der Waals surface area contributed by atoms with Crippen LogP contribution in [0.25, 0.3) is 0 Å². The third-order valence-electron chi connectivity index (χ3n) is 2.85. The van der Waals surface area contributed by atoms with Crippen LogP contribution in [0.15, 0.2) is 9.80 Å². The molecule has 116 valence electrons. The summed E-state index contributed by atoms with van der Waals surface area (Å²) in [6, 6.07) is 0. The van der Waals surface area contributed by atoms with Gasteiger partial charge in [-0.2, -0.15) is 0 Å². The topological polar surface area (TPSA) is 61.0 Å². The van der Waals surface area contributed by atoms with Gasteiger partial charge in [0.1, 0.15) is 11.1 Å². The zero-order valence-electron chi connectivity index (χ0n) is 13.0. The molecule has 21 heavy (non-hydrogen) atoms. The first-order chi connectivity index (χ1) is 9.90. The van der Waals surface area contributed by atoms with Gasteiger partial charge in [-0.15, -0.1) is 33.3 Å². The molecule has 0 unspecified atom stereocenters. The van der Waals surface area contributed by atoms with Crippen molar-refractivity contribution in [3.63, 3.8) is 0 Å². The molecule has 1 atom stereocenters. The lowest BCUT2D eigenvalue weighted by molar-refractivity contribution is 0.119. The van der Waals surface area contributed by atoms with Crippen LogP contribution in [0.2, 0.25) is 0 Å². The van der Waals surface area contributed by atoms with Gasteiger partial charge >= 0.3 is 0 Å². The summed E-state index contributed by atoms with van der Waals surface area (Å²) in [6.45, 7) is 8.18. The Morgan fingerprint density at radius 1 is 1.33 bits per heavy atom. The monoisotopic (exact) mass is 327 g/mol. The van der Waals surface area contributed by atoms with Crippen molar-refractivity contribution < 1.29 is 9.15 Å². The van der Waals surface area contributed by atoms with E-state index in [0.29, 0.717) is 17.5 Å². The number of thiazole rings is 1. The molecule has 0 N–H and O–H groups in total. The van der Waals surface area contributed by atoms with Crippen molar-refractivity contribution in [2.24, 2.45) is 0 Å². The van der Waals surface area contributed by atoms with Gasteiger partial charge in [0, 0.05) is 23.7 Å². The van der Waals surface area contributed by atoms with Crippen LogP contribution in [0.1, 0.15) is 56.3 Å². The highest BCUT2D eigenvalue weighted by Gasteiger charge is 2.21. The number of hydrogen-bond donors (Lipinski definition) is 0. The number of methoxy groups -OCH3 is 1. The van der Waals surface area contributed by atoms with E-state index in [4.69, 9.17) is 9.15 Å². The van der Waals surface area contributed by atoms with Gasteiger partial charge in [0.05, 0.1) is 11.4 Å². The Kier molecular flexibility index (Phi) is 5.40. The van der Waals surface area contributed by atoms with Crippen molar-refractivity contribution in [2.45, 2.75) is 50.7 Å². The Morgan fingerprint density at radius 2 is 2.10 bits per heavy atom. The van der Waals surface area contributed by atoms with Crippen LogP contribution in [0.5, 0.6) is 0 Å². The first-order valence-corrected chi connectivity index (χ1v) is 8.81. The van der Waals surface area contributed by atoms with Gasteiger partial charge in [0.25, 0.3) is 0 Å². The van der Waals surface area contributed by atoms with Crippen LogP contribution in [-0.2, 0) is 21.7 Å². The lowest BCUT2D eigenvalue weighted by Gasteiger charge is -2.10. The second-order valence-electron chi connectivity index (χ2n) is 5.80. The minimum Gasteiger partial charge on any atom is -0.424 e. The van der Waals surface area contributed by atoms with Gasteiger partial charge in [-0.05, 0) is 6.92 Å². The van der Waals surface area contributed by atoms with Crippen LogP contribution in [-0.4, -0.2) is 22.3 Å². The molecule has 0 fully saturated rings. The van der Waals surface area contributed by atoms with Crippen molar-refractivity contribution in [3.05, 3.63) is 27.9 Å². The van der Waals surface area contributed by atoms with Gasteiger partial charge in [-0.3, -0.25) is 0 Å². The summed E-state index contributed by atoms with van der Waals surface area (Å²) < 4.78 is 10.9. The lowest BCUT2D eigenvalue weighted by Crippen LogP contribution is -2.11. The van der Waals surface area contributed by atoms with E-state index in [9.17, 15) is 0 Å². The van der Waals surface area contributed by atoms with Crippen LogP contribution in [0.4, 0.5) is 0 Å². The maximum atomic E-state index is 5.67. The fourth-order valence-electron chi connectivity index (χ4n) is 1.53. The van der Waals surface area contributed by atoms with E-state index < -0.39 is 0 Å². The molecule has 0 saturated heterocycles. The number of thioether (sulfide) groups is 1. The molecular weight excluding hydrogens is 306 g/mol. The van der Waals surface area contributed by atoms with Crippen molar-refractivity contribution >= 4 is 23.1 Å². The largest absolute Gasteiger partial charge is 0.424 e. The highest BCUT2D eigenvalue weighted by atomic mass is 32.2. The standard InChI is InChI=1S/C14H21N3O2S2/c1-9(18-5)12-15-10(7-21-12)6-20-8-11-16-17-13(19-11)14(2,3)4/h7,9H,6,8H2,1-5H3/t9-/m0/s1. The van der Waals surface area contributed by atoms with Gasteiger partial charge in [0.2, 0.25) is 11.8 Å². The summed E-state index contributed by atoms with van der Waals surface area (Å²) in [5.41, 5.74) is 0.968. The number of ether oxygens (including phenoxy) is 1. The minimum atomic E-state index is -0.101. The van der Waals surface area contributed by atoms with E-state index in [-0.39, 0.29) is 11.5 Å². The van der Waals surface area contributed by atoms with Crippen molar-refractivity contribution in [1.82, 2.24) is 15.2 Å². The normalized spacial score (nSPS) is 13.6. The number of hydrogen-bond acceptors (Lipinski definition) is 7. The van der Waals surface area contributed by atoms with Crippen LogP contribution in [0.3, 0.4) is 0 Å². The average molecular weight is 327 g/mol. The molecule has 0 radical (unpaired) electrons. The SMILES string of the molecule is CO[C@@H](C)c1nc(CSCc2nnc(C(C)(C)C)o2)cs1. The van der Waals surface area contributed by atoms with E-state index >= 15 is 0 Å². The molecule has 0 aromatic carbocycles. The Labute approximate surface area is 133 Å². The molecule has 5 nitrogen and oxygen atoms in total. The molecule has 2 heterocycles. The predicted molar refractivity (Wildman–Crippen MR) is 85.5 cm³/mol. The van der Waals surface area contributed by atoms with Gasteiger partial charge in [0.15, 0.2) is 0 Å². The van der Waals surface area contributed by atoms with Crippen molar-refractivity contribution in [3.8, 4) is 0 Å². The predicted octanol–water partition coefficient (Wildman–Crippen LogP) is 3.96. The quantitative estimate of drug-likeness (QED) is 0.800. The molecule has 7 heteroatoms. The highest BCUT2D eigenvalue weighted by Crippen LogP contribution is 2.25. The number of nitrogens with zero attached hydrogens (tertiary/aromatic N) is 3. The van der Waals surface area contributed by atoms with E-state index in [1.807, 2.05) is 6.92 Å². The molecule has 2 aromatic rings. The van der Waals surface area contributed by atoms with Crippen LogP contribution < -0.4 is 0 Å². The Balaban J connectivity index is 1.84. The fourth-order valence-corrected chi connectivity index (χ4v) is 3.24. The molecular formula is C14H21N3O2S2. The highest BCUT2D eigenvalue weighted by molar-refractivity contribution is 7.97. The van der Waals surface area contributed by atoms with Crippen molar-refractivity contribution in [2.75, 3.05) is 7.11 Å². The maximum absolute atomic E-state index is 5.67. The zero-order valence-corrected chi connectivity index (χ0v) is 14.7. The molecule has 0 bridgehead atoms. The summed E-state index contributed by atoms with van der Waals surface area (Å²) in [4.78, 5) is 4.56. The second-order valence-corrected chi connectivity index (χ2v) is 7.67. The maximum Gasteiger partial charge on any atom is 0.226 e. The molecule has 0 aliphatic heterocycles. The minimum absolute atomic E-state index is 0.0547. The molecule has 2 aromatic heterocycles. The van der Waals surface area contributed by atoms with E-state index in [2.05, 4.69) is 41.3 Å². The Hall–Kier alpha value is -0.920. The molecule has 0 aliphatic carbocycles. The molecule has 2 rings (SSSR count). The number of rotatable bonds is 6. The van der Waals surface area contributed by atoms with Crippen LogP contribution >= 0.6 is 23.1 Å². The summed E-state index contributed by atoms with van der Waals surface area (Å²) >= 11 is 3.36. The third kappa shape index (κ3) is 4.52. The first kappa shape index (κ1) is 16.5. The van der Waals surface area contributed by atoms with Gasteiger partial charge in [-0.1, -0.05) is 20.8 Å². The smallest absolute Gasteiger partial charge is 0.226 e. The van der Waals surface area contributed by atoms with E-state index in [1.165, 1.54) is 0 Å². The third-order valence-corrected chi connectivity index (χ3v) is 4.86. The Morgan fingerprint density at radius 3 is 2.71 bits per heavy atom. The fraction of sp³-hybridized carbons (Fsp3) is 0.643. The average Bonchev–Trinajstić information content (AvgIpc) is 3.06. The summed E-state index contributed by atoms with van der Waals surface area (Å²) in [5.74, 6) is 2.89. The van der Waals surface area contributed by atoms with Crippen molar-refractivity contribution in [1.29, 1.82) is 0 Å². The lowest BCUT2D eigenvalue weighted by atomic mass is 9.97. The summed E-state index contributed by atoms with van der Waals surface area (Å²) in [6.07, 6.45) is 0.0547. The first-order valence-electron chi connectivity index (χ1n) is 6.78. The zero-order chi connectivity index (χ0) is 15.5. The van der Waals surface area contributed by atoms with Gasteiger partial charge in [-0.25, -0.2) is 4.98 Å². The van der Waals surface area contributed by atoms with E-state index in [0.717, 1.165) is 16.5 Å². The summed E-state index contributed by atoms with van der Waals surface area (Å²) in [5, 5.41) is 11.3. The second kappa shape index (κ2) is 6.89.